The number of hydrogen-bond acceptors (Lipinski definition) is 7. The van der Waals surface area contributed by atoms with E-state index in [1.807, 2.05) is 37.3 Å². The van der Waals surface area contributed by atoms with Crippen LogP contribution in [-0.2, 0) is 19.0 Å². The number of anilines is 1. The predicted octanol–water partition coefficient (Wildman–Crippen LogP) is 4.29. The lowest BCUT2D eigenvalue weighted by Crippen LogP contribution is -2.33. The fourth-order valence-electron chi connectivity index (χ4n) is 5.29. The van der Waals surface area contributed by atoms with Crippen LogP contribution in [0.25, 0.3) is 0 Å². The molecule has 2 aromatic rings. The Labute approximate surface area is 210 Å². The van der Waals surface area contributed by atoms with Gasteiger partial charge < -0.3 is 19.5 Å². The van der Waals surface area contributed by atoms with Gasteiger partial charge >= 0.3 is 5.97 Å². The second kappa shape index (κ2) is 9.87. The number of nitrogens with one attached hydrogen (secondary N) is 2. The summed E-state index contributed by atoms with van der Waals surface area (Å²) in [6.45, 7) is 4.63. The first kappa shape index (κ1) is 24.2. The van der Waals surface area contributed by atoms with Gasteiger partial charge in [0.1, 0.15) is 0 Å². The minimum absolute atomic E-state index is 0.0917. The fraction of sp³-hybridized carbons (Fsp3) is 0.393. The first-order chi connectivity index (χ1) is 17.4. The van der Waals surface area contributed by atoms with Gasteiger partial charge in [0.25, 0.3) is 0 Å². The lowest BCUT2D eigenvalue weighted by atomic mass is 9.76. The molecule has 2 heterocycles. The Kier molecular flexibility index (Phi) is 6.64. The molecular weight excluding hydrogens is 458 g/mol. The minimum atomic E-state index is -0.884. The van der Waals surface area contributed by atoms with Crippen LogP contribution in [0.4, 0.5) is 5.69 Å². The van der Waals surface area contributed by atoms with E-state index in [2.05, 4.69) is 40.1 Å². The maximum absolute atomic E-state index is 12.3. The van der Waals surface area contributed by atoms with Gasteiger partial charge in [0.2, 0.25) is 5.91 Å². The average Bonchev–Trinajstić information content (AvgIpc) is 3.56. The maximum atomic E-state index is 12.3. The van der Waals surface area contributed by atoms with E-state index in [9.17, 15) is 9.59 Å². The van der Waals surface area contributed by atoms with Crippen LogP contribution in [0.5, 0.6) is 0 Å². The normalized spacial score (nSPS) is 24.0. The zero-order valence-corrected chi connectivity index (χ0v) is 20.7. The van der Waals surface area contributed by atoms with Crippen LogP contribution in [0, 0.1) is 5.92 Å². The molecular formula is C28H31N3O5. The van der Waals surface area contributed by atoms with Crippen molar-refractivity contribution in [2.45, 2.75) is 44.4 Å². The van der Waals surface area contributed by atoms with Gasteiger partial charge in [0.05, 0.1) is 44.1 Å². The number of methoxy groups -OCH3 is 1. The Morgan fingerprint density at radius 2 is 1.86 bits per heavy atom. The summed E-state index contributed by atoms with van der Waals surface area (Å²) in [5.74, 6) is -0.839. The van der Waals surface area contributed by atoms with Crippen LogP contribution in [0.1, 0.15) is 65.7 Å². The highest BCUT2D eigenvalue weighted by Gasteiger charge is 2.38. The van der Waals surface area contributed by atoms with Crippen LogP contribution in [0.2, 0.25) is 0 Å². The molecule has 8 nitrogen and oxygen atoms in total. The highest BCUT2D eigenvalue weighted by atomic mass is 16.7. The number of hydrazone groups is 1. The first-order valence-corrected chi connectivity index (χ1v) is 12.2. The van der Waals surface area contributed by atoms with E-state index in [1.165, 1.54) is 12.7 Å². The molecule has 188 valence electrons. The van der Waals surface area contributed by atoms with Crippen LogP contribution >= 0.6 is 0 Å². The number of amides is 1. The Hall–Kier alpha value is -3.49. The third-order valence-corrected chi connectivity index (χ3v) is 7.20. The zero-order chi connectivity index (χ0) is 25.3. The summed E-state index contributed by atoms with van der Waals surface area (Å²) in [5, 5.41) is 8.04. The van der Waals surface area contributed by atoms with Crippen LogP contribution in [-0.4, -0.2) is 43.7 Å². The smallest absolute Gasteiger partial charge is 0.337 e. The molecule has 2 aromatic carbocycles. The van der Waals surface area contributed by atoms with Crippen molar-refractivity contribution in [1.29, 1.82) is 0 Å². The third-order valence-electron chi connectivity index (χ3n) is 7.20. The Balaban J connectivity index is 1.32. The zero-order valence-electron chi connectivity index (χ0n) is 20.7. The van der Waals surface area contributed by atoms with Crippen molar-refractivity contribution < 1.29 is 23.8 Å². The monoisotopic (exact) mass is 489 g/mol. The second-order valence-corrected chi connectivity index (χ2v) is 9.63. The number of benzene rings is 2. The molecule has 2 aliphatic heterocycles. The number of ether oxygens (including phenoxy) is 3. The second-order valence-electron chi connectivity index (χ2n) is 9.63. The van der Waals surface area contributed by atoms with Gasteiger partial charge in [-0.1, -0.05) is 30.4 Å². The molecule has 1 amide bonds. The molecule has 1 saturated heterocycles. The Morgan fingerprint density at radius 3 is 2.58 bits per heavy atom. The van der Waals surface area contributed by atoms with E-state index >= 15 is 0 Å². The number of esters is 1. The summed E-state index contributed by atoms with van der Waals surface area (Å²) in [5.41, 5.74) is 8.29. The molecule has 0 unspecified atom stereocenters. The summed E-state index contributed by atoms with van der Waals surface area (Å²) in [6.07, 6.45) is 5.58. The number of carbonyl (C=O) groups is 2. The molecule has 0 saturated carbocycles. The maximum Gasteiger partial charge on any atom is 0.337 e. The van der Waals surface area contributed by atoms with E-state index in [0.29, 0.717) is 24.7 Å². The van der Waals surface area contributed by atoms with Crippen LogP contribution in [0.15, 0.2) is 59.7 Å². The molecule has 36 heavy (non-hydrogen) atoms. The highest BCUT2D eigenvalue weighted by Crippen LogP contribution is 2.50. The average molecular weight is 490 g/mol. The molecule has 5 rings (SSSR count). The van der Waals surface area contributed by atoms with E-state index in [1.54, 1.807) is 6.92 Å². The van der Waals surface area contributed by atoms with Crippen molar-refractivity contribution in [3.8, 4) is 0 Å². The van der Waals surface area contributed by atoms with Gasteiger partial charge in [-0.3, -0.25) is 4.79 Å². The molecule has 0 aromatic heterocycles. The van der Waals surface area contributed by atoms with E-state index in [-0.39, 0.29) is 30.3 Å². The molecule has 3 aliphatic rings. The molecule has 2 N–H and O–H groups in total. The highest BCUT2D eigenvalue weighted by molar-refractivity contribution is 6.00. The van der Waals surface area contributed by atoms with E-state index in [0.717, 1.165) is 28.9 Å². The molecule has 3 atom stereocenters. The topological polar surface area (TPSA) is 98.2 Å². The summed E-state index contributed by atoms with van der Waals surface area (Å²) in [4.78, 5) is 24.2. The van der Waals surface area contributed by atoms with E-state index < -0.39 is 5.79 Å². The molecule has 8 heteroatoms. The molecule has 0 bridgehead atoms. The third kappa shape index (κ3) is 4.79. The minimum Gasteiger partial charge on any atom is -0.465 e. The number of allylic oxidation sites excluding steroid dienone is 2. The number of fused-ring (bicyclic) bond motifs is 3. The molecule has 1 aliphatic carbocycles. The summed E-state index contributed by atoms with van der Waals surface area (Å²) < 4.78 is 15.8. The number of hydrogen-bond donors (Lipinski definition) is 2. The Bertz CT molecular complexity index is 1210. The lowest BCUT2D eigenvalue weighted by Gasteiger charge is -2.37. The fourth-order valence-corrected chi connectivity index (χ4v) is 5.29. The number of carbonyl (C=O) groups excluding carboxylic acids is 2. The standard InChI is InChI=1S/C28H31N3O5/c1-17(30-31-25(32)16-28(2)35-13-14-36-28)20-11-12-24-23(15-20)21-5-4-6-22(21)26(29-24)18-7-9-19(10-8-18)27(33)34-3/h4-5,7-12,15,21-22,26,29H,6,13-14,16H2,1-3H3,(H,31,32)/b30-17+/t21-,22+,26+/m0/s1. The van der Waals surface area contributed by atoms with Gasteiger partial charge in [-0.2, -0.15) is 5.10 Å². The van der Waals surface area contributed by atoms with E-state index in [4.69, 9.17) is 14.2 Å². The number of nitrogens with zero attached hydrogens (tertiary/aromatic N) is 1. The van der Waals surface area contributed by atoms with Crippen molar-refractivity contribution in [3.63, 3.8) is 0 Å². The van der Waals surface area contributed by atoms with Crippen molar-refractivity contribution in [3.05, 3.63) is 76.9 Å². The summed E-state index contributed by atoms with van der Waals surface area (Å²) >= 11 is 0. The predicted molar refractivity (Wildman–Crippen MR) is 136 cm³/mol. The first-order valence-electron chi connectivity index (χ1n) is 12.2. The van der Waals surface area contributed by atoms with Crippen molar-refractivity contribution in [2.75, 3.05) is 25.6 Å². The van der Waals surface area contributed by atoms with Gasteiger partial charge in [0.15, 0.2) is 5.79 Å². The van der Waals surface area contributed by atoms with Crippen molar-refractivity contribution in [1.82, 2.24) is 5.43 Å². The van der Waals surface area contributed by atoms with Crippen molar-refractivity contribution in [2.24, 2.45) is 11.0 Å². The quantitative estimate of drug-likeness (QED) is 0.272. The van der Waals surface area contributed by atoms with Gasteiger partial charge in [-0.25, -0.2) is 10.2 Å². The van der Waals surface area contributed by atoms with Crippen LogP contribution in [0.3, 0.4) is 0 Å². The van der Waals surface area contributed by atoms with Crippen molar-refractivity contribution >= 4 is 23.3 Å². The SMILES string of the molecule is COC(=O)c1ccc([C@H]2Nc3ccc(/C(C)=N/NC(=O)CC4(C)OCCO4)cc3[C@H]3C=CC[C@H]32)cc1. The summed E-state index contributed by atoms with van der Waals surface area (Å²) in [7, 11) is 1.39. The van der Waals surface area contributed by atoms with Crippen LogP contribution < -0.4 is 10.7 Å². The largest absolute Gasteiger partial charge is 0.465 e. The number of rotatable bonds is 6. The van der Waals surface area contributed by atoms with Gasteiger partial charge in [-0.15, -0.1) is 0 Å². The molecule has 1 fully saturated rings. The molecule has 0 radical (unpaired) electrons. The molecule has 0 spiro atoms. The lowest BCUT2D eigenvalue weighted by molar-refractivity contribution is -0.159. The Morgan fingerprint density at radius 1 is 1.14 bits per heavy atom. The van der Waals surface area contributed by atoms with Gasteiger partial charge in [0, 0.05) is 11.6 Å². The van der Waals surface area contributed by atoms with Gasteiger partial charge in [-0.05, 0) is 67.1 Å². The summed E-state index contributed by atoms with van der Waals surface area (Å²) in [6, 6.07) is 14.0.